The number of pyridine rings is 1. The molecule has 3 aliphatic rings. The molecule has 2 aliphatic heterocycles. The van der Waals surface area contributed by atoms with E-state index in [0.29, 0.717) is 36.3 Å². The van der Waals surface area contributed by atoms with Crippen LogP contribution in [0.15, 0.2) is 54.6 Å². The van der Waals surface area contributed by atoms with Crippen molar-refractivity contribution in [3.63, 3.8) is 0 Å². The third-order valence-electron chi connectivity index (χ3n) is 8.10. The van der Waals surface area contributed by atoms with Gasteiger partial charge in [-0.25, -0.2) is 4.98 Å². The molecule has 0 spiro atoms. The van der Waals surface area contributed by atoms with E-state index in [9.17, 15) is 9.59 Å². The zero-order valence-electron chi connectivity index (χ0n) is 20.6. The van der Waals surface area contributed by atoms with Crippen LogP contribution in [0.3, 0.4) is 0 Å². The summed E-state index contributed by atoms with van der Waals surface area (Å²) < 4.78 is 0. The molecule has 1 unspecified atom stereocenters. The molecule has 1 saturated carbocycles. The molecule has 36 heavy (non-hydrogen) atoms. The molecule has 3 N–H and O–H groups in total. The maximum Gasteiger partial charge on any atom is 0.251 e. The minimum atomic E-state index is -0.142. The van der Waals surface area contributed by atoms with Gasteiger partial charge in [0, 0.05) is 54.0 Å². The number of fused-ring (bicyclic) bond motifs is 1. The number of hydrogen-bond donors (Lipinski definition) is 2. The van der Waals surface area contributed by atoms with Crippen molar-refractivity contribution in [3.05, 3.63) is 65.7 Å². The molecule has 186 valence electrons. The zero-order valence-corrected chi connectivity index (χ0v) is 20.6. The molecule has 6 rings (SSSR count). The number of hydrogen-bond acceptors (Lipinski definition) is 5. The van der Waals surface area contributed by atoms with Crippen LogP contribution < -0.4 is 16.0 Å². The molecule has 0 bridgehead atoms. The lowest BCUT2D eigenvalue weighted by Gasteiger charge is -2.24. The summed E-state index contributed by atoms with van der Waals surface area (Å²) in [4.78, 5) is 34.3. The summed E-state index contributed by atoms with van der Waals surface area (Å²) in [5, 5.41) is 3.88. The molecule has 1 aromatic heterocycles. The molecule has 3 heterocycles. The van der Waals surface area contributed by atoms with Gasteiger partial charge in [0.05, 0.1) is 5.52 Å². The van der Waals surface area contributed by atoms with Gasteiger partial charge in [0.15, 0.2) is 0 Å². The summed E-state index contributed by atoms with van der Waals surface area (Å²) in [7, 11) is 0. The minimum absolute atomic E-state index is 0.0907. The van der Waals surface area contributed by atoms with Crippen molar-refractivity contribution < 1.29 is 9.59 Å². The van der Waals surface area contributed by atoms with Gasteiger partial charge in [-0.3, -0.25) is 9.59 Å². The van der Waals surface area contributed by atoms with Crippen LogP contribution in [-0.2, 0) is 10.2 Å². The fraction of sp³-hybridized carbons (Fsp3) is 0.414. The molecule has 0 radical (unpaired) electrons. The highest BCUT2D eigenvalue weighted by atomic mass is 16.2. The highest BCUT2D eigenvalue weighted by Crippen LogP contribution is 2.49. The Hall–Kier alpha value is -3.45. The molecule has 2 amide bonds. The first-order valence-electron chi connectivity index (χ1n) is 13.1. The second-order valence-electron chi connectivity index (χ2n) is 10.7. The first kappa shape index (κ1) is 23.0. The monoisotopic (exact) mass is 483 g/mol. The molecule has 2 aromatic carbocycles. The number of nitrogens with two attached hydrogens (primary N) is 1. The van der Waals surface area contributed by atoms with Crippen LogP contribution in [0.1, 0.15) is 48.0 Å². The number of carbonyl (C=O) groups is 2. The summed E-state index contributed by atoms with van der Waals surface area (Å²) in [6.45, 7) is 4.72. The largest absolute Gasteiger partial charge is 0.384 e. The van der Waals surface area contributed by atoms with E-state index in [1.165, 1.54) is 50.9 Å². The van der Waals surface area contributed by atoms with E-state index in [1.807, 2.05) is 23.1 Å². The Morgan fingerprint density at radius 3 is 2.58 bits per heavy atom. The molecule has 1 aliphatic carbocycles. The van der Waals surface area contributed by atoms with Gasteiger partial charge in [-0.05, 0) is 86.8 Å². The third kappa shape index (κ3) is 4.55. The molecule has 3 fully saturated rings. The lowest BCUT2D eigenvalue weighted by molar-refractivity contribution is -0.117. The maximum absolute atomic E-state index is 12.8. The van der Waals surface area contributed by atoms with Crippen molar-refractivity contribution in [2.45, 2.75) is 37.5 Å². The van der Waals surface area contributed by atoms with Crippen LogP contribution in [0.25, 0.3) is 10.9 Å². The minimum Gasteiger partial charge on any atom is -0.384 e. The number of benzene rings is 2. The number of nitrogens with one attached hydrogen (secondary N) is 1. The summed E-state index contributed by atoms with van der Waals surface area (Å²) in [6, 6.07) is 17.6. The van der Waals surface area contributed by atoms with E-state index >= 15 is 0 Å². The Kier molecular flexibility index (Phi) is 5.88. The molecular weight excluding hydrogens is 450 g/mol. The smallest absolute Gasteiger partial charge is 0.251 e. The van der Waals surface area contributed by atoms with E-state index in [0.717, 1.165) is 16.6 Å². The van der Waals surface area contributed by atoms with E-state index in [2.05, 4.69) is 39.5 Å². The van der Waals surface area contributed by atoms with E-state index < -0.39 is 0 Å². The number of rotatable bonds is 7. The van der Waals surface area contributed by atoms with Gasteiger partial charge >= 0.3 is 0 Å². The average Bonchev–Trinajstić information content (AvgIpc) is 3.29. The predicted octanol–water partition coefficient (Wildman–Crippen LogP) is 3.73. The SMILES string of the molecule is Nc1ccc2cc(C(=O)NCC3CC(=O)N(c4ccc(C5(CN6CCCC6)CC5)cc4)C3)ccc2n1. The number of carbonyl (C=O) groups excluding carboxylic acids is 2. The zero-order chi connectivity index (χ0) is 24.7. The Morgan fingerprint density at radius 2 is 1.83 bits per heavy atom. The Balaban J connectivity index is 1.06. The first-order chi connectivity index (χ1) is 17.5. The van der Waals surface area contributed by atoms with Crippen LogP contribution in [0.2, 0.25) is 0 Å². The fourth-order valence-corrected chi connectivity index (χ4v) is 5.84. The number of amides is 2. The van der Waals surface area contributed by atoms with Crippen LogP contribution in [0, 0.1) is 5.92 Å². The number of nitrogen functional groups attached to an aromatic ring is 1. The van der Waals surface area contributed by atoms with Crippen molar-refractivity contribution in [2.75, 3.05) is 43.4 Å². The fourth-order valence-electron chi connectivity index (χ4n) is 5.84. The van der Waals surface area contributed by atoms with Gasteiger partial charge < -0.3 is 20.9 Å². The van der Waals surface area contributed by atoms with Gasteiger partial charge in [-0.2, -0.15) is 0 Å². The Morgan fingerprint density at radius 1 is 1.06 bits per heavy atom. The molecule has 7 nitrogen and oxygen atoms in total. The second-order valence-corrected chi connectivity index (χ2v) is 10.7. The van der Waals surface area contributed by atoms with Gasteiger partial charge in [-0.15, -0.1) is 0 Å². The normalized spacial score (nSPS) is 21.3. The summed E-state index contributed by atoms with van der Waals surface area (Å²) in [5.74, 6) is 0.526. The van der Waals surface area contributed by atoms with Crippen LogP contribution in [0.5, 0.6) is 0 Å². The van der Waals surface area contributed by atoms with Crippen LogP contribution in [0.4, 0.5) is 11.5 Å². The van der Waals surface area contributed by atoms with E-state index in [1.54, 1.807) is 12.1 Å². The quantitative estimate of drug-likeness (QED) is 0.534. The van der Waals surface area contributed by atoms with Crippen molar-refractivity contribution in [1.82, 2.24) is 15.2 Å². The number of nitrogens with zero attached hydrogens (tertiary/aromatic N) is 3. The van der Waals surface area contributed by atoms with Gasteiger partial charge in [0.2, 0.25) is 5.91 Å². The Labute approximate surface area is 211 Å². The number of aromatic nitrogens is 1. The van der Waals surface area contributed by atoms with Gasteiger partial charge in [0.1, 0.15) is 5.82 Å². The van der Waals surface area contributed by atoms with E-state index in [4.69, 9.17) is 5.73 Å². The number of anilines is 2. The summed E-state index contributed by atoms with van der Waals surface area (Å²) >= 11 is 0. The standard InChI is InChI=1S/C29H33N5O2/c30-26-10-4-21-16-22(3-9-25(21)32-26)28(36)31-17-20-15-27(35)34(18-20)24-7-5-23(6-8-24)29(11-12-29)19-33-13-1-2-14-33/h3-10,16,20H,1-2,11-15,17-19H2,(H2,30,32)(H,31,36). The summed E-state index contributed by atoms with van der Waals surface area (Å²) in [6.07, 6.45) is 5.61. The first-order valence-corrected chi connectivity index (χ1v) is 13.1. The highest BCUT2D eigenvalue weighted by molar-refractivity contribution is 5.98. The molecule has 2 saturated heterocycles. The van der Waals surface area contributed by atoms with Gasteiger partial charge in [-0.1, -0.05) is 12.1 Å². The summed E-state index contributed by atoms with van der Waals surface area (Å²) in [5.41, 5.74) is 9.75. The number of likely N-dealkylation sites (tertiary alicyclic amines) is 1. The maximum atomic E-state index is 12.8. The lowest BCUT2D eigenvalue weighted by Crippen LogP contribution is -2.31. The second kappa shape index (κ2) is 9.21. The predicted molar refractivity (Wildman–Crippen MR) is 142 cm³/mol. The molecule has 1 atom stereocenters. The average molecular weight is 484 g/mol. The van der Waals surface area contributed by atoms with Gasteiger partial charge in [0.25, 0.3) is 5.91 Å². The lowest BCUT2D eigenvalue weighted by atomic mass is 9.95. The molecular formula is C29H33N5O2. The topological polar surface area (TPSA) is 91.6 Å². The highest BCUT2D eigenvalue weighted by Gasteiger charge is 2.45. The molecule has 3 aromatic rings. The van der Waals surface area contributed by atoms with Crippen LogP contribution >= 0.6 is 0 Å². The van der Waals surface area contributed by atoms with E-state index in [-0.39, 0.29) is 17.7 Å². The van der Waals surface area contributed by atoms with Crippen molar-refractivity contribution >= 4 is 34.2 Å². The Bertz CT molecular complexity index is 1290. The molecule has 7 heteroatoms. The van der Waals surface area contributed by atoms with Crippen molar-refractivity contribution in [3.8, 4) is 0 Å². The van der Waals surface area contributed by atoms with Crippen molar-refractivity contribution in [2.24, 2.45) is 5.92 Å². The van der Waals surface area contributed by atoms with Crippen molar-refractivity contribution in [1.29, 1.82) is 0 Å². The third-order valence-corrected chi connectivity index (χ3v) is 8.10. The van der Waals surface area contributed by atoms with Crippen LogP contribution in [-0.4, -0.2) is 54.4 Å².